The summed E-state index contributed by atoms with van der Waals surface area (Å²) in [6.45, 7) is 5.01. The second-order valence-electron chi connectivity index (χ2n) is 9.64. The standard InChI is InChI=1S/C30H33Cl2N3O2.ClH/c1-22(36)29-21-35(25-11-7-4-8-12-25)18-17-34(29)16-15-26(24-13-14-27(31)28(32)19-24)30(37)33(2)20-23-9-5-3-6-10-23;/h3-14,19,26,29H,15-18,20-21H2,1-2H3;1H. The third-order valence-corrected chi connectivity index (χ3v) is 7.81. The number of piperazine rings is 1. The lowest BCUT2D eigenvalue weighted by molar-refractivity contribution is -0.132. The van der Waals surface area contributed by atoms with Gasteiger partial charge >= 0.3 is 0 Å². The minimum atomic E-state index is -0.400. The highest BCUT2D eigenvalue weighted by Gasteiger charge is 2.32. The summed E-state index contributed by atoms with van der Waals surface area (Å²) in [7, 11) is 1.83. The monoisotopic (exact) mass is 573 g/mol. The zero-order chi connectivity index (χ0) is 26.4. The van der Waals surface area contributed by atoms with E-state index in [-0.39, 0.29) is 30.1 Å². The van der Waals surface area contributed by atoms with Crippen molar-refractivity contribution >= 4 is 53.0 Å². The maximum Gasteiger partial charge on any atom is 0.230 e. The summed E-state index contributed by atoms with van der Waals surface area (Å²) < 4.78 is 0. The predicted octanol–water partition coefficient (Wildman–Crippen LogP) is 6.33. The van der Waals surface area contributed by atoms with Gasteiger partial charge in [-0.2, -0.15) is 0 Å². The van der Waals surface area contributed by atoms with Gasteiger partial charge in [0.25, 0.3) is 0 Å². The molecule has 1 aliphatic rings. The van der Waals surface area contributed by atoms with E-state index in [1.165, 1.54) is 0 Å². The van der Waals surface area contributed by atoms with Gasteiger partial charge in [0.1, 0.15) is 5.78 Å². The van der Waals surface area contributed by atoms with Gasteiger partial charge in [-0.05, 0) is 48.7 Å². The number of Topliss-reactive ketones (excluding diaryl/α,β-unsaturated/α-hetero) is 1. The lowest BCUT2D eigenvalue weighted by atomic mass is 9.93. The van der Waals surface area contributed by atoms with Crippen molar-refractivity contribution in [3.05, 3.63) is 100 Å². The number of hydrogen-bond donors (Lipinski definition) is 0. The average molecular weight is 575 g/mol. The molecule has 8 heteroatoms. The van der Waals surface area contributed by atoms with Crippen molar-refractivity contribution < 1.29 is 9.59 Å². The maximum absolute atomic E-state index is 13.7. The van der Waals surface area contributed by atoms with E-state index >= 15 is 0 Å². The van der Waals surface area contributed by atoms with Gasteiger partial charge in [0, 0.05) is 45.5 Å². The normalized spacial score (nSPS) is 16.4. The van der Waals surface area contributed by atoms with Crippen molar-refractivity contribution in [3.8, 4) is 0 Å². The van der Waals surface area contributed by atoms with Crippen LogP contribution in [0, 0.1) is 0 Å². The Morgan fingerprint density at radius 3 is 2.24 bits per heavy atom. The largest absolute Gasteiger partial charge is 0.368 e. The summed E-state index contributed by atoms with van der Waals surface area (Å²) in [5.41, 5.74) is 3.03. The van der Waals surface area contributed by atoms with Gasteiger partial charge in [0.05, 0.1) is 22.0 Å². The summed E-state index contributed by atoms with van der Waals surface area (Å²) >= 11 is 12.5. The van der Waals surface area contributed by atoms with Crippen molar-refractivity contribution in [2.24, 2.45) is 0 Å². The fourth-order valence-corrected chi connectivity index (χ4v) is 5.31. The molecular weight excluding hydrogens is 541 g/mol. The molecular formula is C30H34Cl3N3O2. The Labute approximate surface area is 241 Å². The fourth-order valence-electron chi connectivity index (χ4n) is 5.01. The number of rotatable bonds is 9. The molecule has 0 spiro atoms. The van der Waals surface area contributed by atoms with Gasteiger partial charge in [-0.1, -0.05) is 77.8 Å². The lowest BCUT2D eigenvalue weighted by Crippen LogP contribution is -2.56. The Bertz CT molecular complexity index is 1210. The van der Waals surface area contributed by atoms with E-state index < -0.39 is 5.92 Å². The molecule has 0 bridgehead atoms. The third kappa shape index (κ3) is 7.51. The van der Waals surface area contributed by atoms with Crippen LogP contribution in [0.4, 0.5) is 5.69 Å². The molecule has 4 rings (SSSR count). The first kappa shape index (κ1) is 30.0. The highest BCUT2D eigenvalue weighted by atomic mass is 35.5. The number of nitrogens with zero attached hydrogens (tertiary/aromatic N) is 3. The van der Waals surface area contributed by atoms with Gasteiger partial charge in [-0.3, -0.25) is 14.5 Å². The van der Waals surface area contributed by atoms with Crippen LogP contribution in [-0.2, 0) is 16.1 Å². The fraction of sp³-hybridized carbons (Fsp3) is 0.333. The SMILES string of the molecule is CC(=O)C1CN(c2ccccc2)CCN1CCC(C(=O)N(C)Cc1ccccc1)c1ccc(Cl)c(Cl)c1.Cl. The summed E-state index contributed by atoms with van der Waals surface area (Å²) in [6, 6.07) is 25.3. The summed E-state index contributed by atoms with van der Waals surface area (Å²) in [4.78, 5) is 32.6. The molecule has 0 radical (unpaired) electrons. The molecule has 5 nitrogen and oxygen atoms in total. The molecule has 1 amide bonds. The van der Waals surface area contributed by atoms with Gasteiger partial charge in [0.15, 0.2) is 0 Å². The average Bonchev–Trinajstić information content (AvgIpc) is 2.91. The summed E-state index contributed by atoms with van der Waals surface area (Å²) in [5.74, 6) is -0.244. The number of likely N-dealkylation sites (N-methyl/N-ethyl adjacent to an activating group) is 1. The van der Waals surface area contributed by atoms with Crippen LogP contribution in [0.5, 0.6) is 0 Å². The second-order valence-corrected chi connectivity index (χ2v) is 10.5. The van der Waals surface area contributed by atoms with Crippen molar-refractivity contribution in [1.29, 1.82) is 0 Å². The Hall–Kier alpha value is -2.57. The molecule has 202 valence electrons. The molecule has 38 heavy (non-hydrogen) atoms. The number of benzene rings is 3. The molecule has 0 aliphatic carbocycles. The number of para-hydroxylation sites is 1. The number of hydrogen-bond acceptors (Lipinski definition) is 4. The van der Waals surface area contributed by atoms with Crippen molar-refractivity contribution in [3.63, 3.8) is 0 Å². The van der Waals surface area contributed by atoms with Crippen LogP contribution < -0.4 is 4.90 Å². The lowest BCUT2D eigenvalue weighted by Gasteiger charge is -2.42. The highest BCUT2D eigenvalue weighted by Crippen LogP contribution is 2.30. The van der Waals surface area contributed by atoms with Crippen LogP contribution in [0.2, 0.25) is 10.0 Å². The number of amides is 1. The number of ketones is 1. The topological polar surface area (TPSA) is 43.9 Å². The highest BCUT2D eigenvalue weighted by molar-refractivity contribution is 6.42. The van der Waals surface area contributed by atoms with Crippen LogP contribution in [0.1, 0.15) is 30.4 Å². The van der Waals surface area contributed by atoms with E-state index in [1.807, 2.05) is 61.6 Å². The van der Waals surface area contributed by atoms with Gasteiger partial charge in [-0.15, -0.1) is 12.4 Å². The van der Waals surface area contributed by atoms with E-state index in [1.54, 1.807) is 24.0 Å². The van der Waals surface area contributed by atoms with Crippen LogP contribution >= 0.6 is 35.6 Å². The van der Waals surface area contributed by atoms with Crippen LogP contribution in [0.3, 0.4) is 0 Å². The molecule has 2 atom stereocenters. The van der Waals surface area contributed by atoms with E-state index in [4.69, 9.17) is 23.2 Å². The quantitative estimate of drug-likeness (QED) is 0.300. The number of anilines is 1. The second kappa shape index (κ2) is 14.0. The van der Waals surface area contributed by atoms with E-state index in [9.17, 15) is 9.59 Å². The molecule has 3 aromatic rings. The summed E-state index contributed by atoms with van der Waals surface area (Å²) in [5, 5.41) is 0.892. The minimum Gasteiger partial charge on any atom is -0.368 e. The van der Waals surface area contributed by atoms with Crippen molar-refractivity contribution in [2.45, 2.75) is 31.8 Å². The first-order valence-electron chi connectivity index (χ1n) is 12.6. The Morgan fingerprint density at radius 2 is 1.61 bits per heavy atom. The molecule has 0 aromatic heterocycles. The molecule has 0 N–H and O–H groups in total. The minimum absolute atomic E-state index is 0. The number of carbonyl (C=O) groups is 2. The zero-order valence-corrected chi connectivity index (χ0v) is 24.1. The molecule has 3 aromatic carbocycles. The van der Waals surface area contributed by atoms with Crippen LogP contribution in [0.25, 0.3) is 0 Å². The molecule has 1 saturated heterocycles. The maximum atomic E-state index is 13.7. The summed E-state index contributed by atoms with van der Waals surface area (Å²) in [6.07, 6.45) is 0.574. The Morgan fingerprint density at radius 1 is 0.947 bits per heavy atom. The van der Waals surface area contributed by atoms with Crippen LogP contribution in [0.15, 0.2) is 78.9 Å². The Kier molecular flexibility index (Phi) is 11.0. The smallest absolute Gasteiger partial charge is 0.230 e. The van der Waals surface area contributed by atoms with E-state index in [2.05, 4.69) is 21.9 Å². The molecule has 1 fully saturated rings. The molecule has 2 unspecified atom stereocenters. The zero-order valence-electron chi connectivity index (χ0n) is 21.7. The van der Waals surface area contributed by atoms with E-state index in [0.29, 0.717) is 36.1 Å². The van der Waals surface area contributed by atoms with E-state index in [0.717, 1.165) is 29.9 Å². The van der Waals surface area contributed by atoms with Crippen LogP contribution in [-0.4, -0.2) is 60.8 Å². The van der Waals surface area contributed by atoms with Crippen molar-refractivity contribution in [1.82, 2.24) is 9.80 Å². The molecule has 1 heterocycles. The molecule has 1 aliphatic heterocycles. The van der Waals surface area contributed by atoms with Gasteiger partial charge in [-0.25, -0.2) is 0 Å². The number of halogens is 3. The number of carbonyl (C=O) groups excluding carboxylic acids is 2. The Balaban J connectivity index is 0.00000400. The first-order chi connectivity index (χ1) is 17.8. The van der Waals surface area contributed by atoms with Crippen molar-refractivity contribution in [2.75, 3.05) is 38.1 Å². The predicted molar refractivity (Wildman–Crippen MR) is 159 cm³/mol. The van der Waals surface area contributed by atoms with Gasteiger partial charge in [0.2, 0.25) is 5.91 Å². The third-order valence-electron chi connectivity index (χ3n) is 7.07. The molecule has 0 saturated carbocycles. The first-order valence-corrected chi connectivity index (χ1v) is 13.4. The van der Waals surface area contributed by atoms with Gasteiger partial charge < -0.3 is 9.80 Å².